The van der Waals surface area contributed by atoms with Crippen LogP contribution in [-0.2, 0) is 4.79 Å². The predicted molar refractivity (Wildman–Crippen MR) is 72.0 cm³/mol. The monoisotopic (exact) mass is 250 g/mol. The topological polar surface area (TPSA) is 62.5 Å². The van der Waals surface area contributed by atoms with Gasteiger partial charge in [-0.1, -0.05) is 13.0 Å². The summed E-state index contributed by atoms with van der Waals surface area (Å²) < 4.78 is 0. The summed E-state index contributed by atoms with van der Waals surface area (Å²) in [5.41, 5.74) is 6.89. The van der Waals surface area contributed by atoms with Gasteiger partial charge in [-0.25, -0.2) is 0 Å². The number of nitrogens with two attached hydrogens (primary N) is 1. The molecule has 1 atom stereocenters. The van der Waals surface area contributed by atoms with Crippen LogP contribution in [0.25, 0.3) is 0 Å². The predicted octanol–water partition coefficient (Wildman–Crippen LogP) is 0.492. The van der Waals surface area contributed by atoms with Gasteiger partial charge in [0.05, 0.1) is 6.54 Å². The third kappa shape index (κ3) is 3.78. The molecule has 0 aliphatic heterocycles. The lowest BCUT2D eigenvalue weighted by atomic mass is 10.1. The van der Waals surface area contributed by atoms with E-state index in [4.69, 9.17) is 5.73 Å². The molecule has 0 aliphatic carbocycles. The van der Waals surface area contributed by atoms with Crippen molar-refractivity contribution in [1.82, 2.24) is 14.8 Å². The van der Waals surface area contributed by atoms with Crippen LogP contribution in [0.2, 0.25) is 0 Å². The third-order valence-corrected chi connectivity index (χ3v) is 2.98. The minimum Gasteiger partial charge on any atom is -0.348 e. The number of likely N-dealkylation sites (N-methyl/N-ethyl adjacent to an activating group) is 2. The number of rotatable bonds is 6. The van der Waals surface area contributed by atoms with E-state index in [1.807, 2.05) is 19.1 Å². The van der Waals surface area contributed by atoms with Gasteiger partial charge in [-0.15, -0.1) is 0 Å². The lowest BCUT2D eigenvalue weighted by Gasteiger charge is -2.30. The van der Waals surface area contributed by atoms with Gasteiger partial charge in [0.15, 0.2) is 0 Å². The second kappa shape index (κ2) is 7.08. The average molecular weight is 250 g/mol. The van der Waals surface area contributed by atoms with Crippen LogP contribution in [0.1, 0.15) is 18.5 Å². The van der Waals surface area contributed by atoms with Gasteiger partial charge in [-0.2, -0.15) is 0 Å². The first-order valence-electron chi connectivity index (χ1n) is 6.14. The maximum atomic E-state index is 11.8. The molecule has 100 valence electrons. The van der Waals surface area contributed by atoms with E-state index in [2.05, 4.69) is 9.88 Å². The van der Waals surface area contributed by atoms with Crippen LogP contribution in [0.3, 0.4) is 0 Å². The molecule has 0 saturated carbocycles. The summed E-state index contributed by atoms with van der Waals surface area (Å²) in [7, 11) is 3.52. The number of amides is 1. The molecule has 0 fully saturated rings. The van der Waals surface area contributed by atoms with Crippen molar-refractivity contribution in [2.45, 2.75) is 13.0 Å². The van der Waals surface area contributed by atoms with Gasteiger partial charge in [-0.3, -0.25) is 14.7 Å². The lowest BCUT2D eigenvalue weighted by Crippen LogP contribution is -2.41. The first-order valence-corrected chi connectivity index (χ1v) is 6.14. The van der Waals surface area contributed by atoms with Gasteiger partial charge in [0, 0.05) is 39.1 Å². The molecular weight excluding hydrogens is 228 g/mol. The fourth-order valence-corrected chi connectivity index (χ4v) is 1.83. The maximum absolute atomic E-state index is 11.8. The number of nitrogens with zero attached hydrogens (tertiary/aromatic N) is 3. The number of aromatic nitrogens is 1. The number of carbonyl (C=O) groups is 1. The average Bonchev–Trinajstić information content (AvgIpc) is 2.39. The van der Waals surface area contributed by atoms with E-state index < -0.39 is 0 Å². The van der Waals surface area contributed by atoms with Crippen LogP contribution in [0.15, 0.2) is 24.5 Å². The van der Waals surface area contributed by atoms with Crippen molar-refractivity contribution >= 4 is 5.91 Å². The summed E-state index contributed by atoms with van der Waals surface area (Å²) in [6.07, 6.45) is 3.54. The highest BCUT2D eigenvalue weighted by atomic mass is 16.2. The van der Waals surface area contributed by atoms with Gasteiger partial charge in [0.25, 0.3) is 0 Å². The molecule has 5 heteroatoms. The number of hydrogen-bond acceptors (Lipinski definition) is 4. The Hall–Kier alpha value is -1.46. The summed E-state index contributed by atoms with van der Waals surface area (Å²) in [5.74, 6) is 0.0826. The zero-order valence-corrected chi connectivity index (χ0v) is 11.3. The molecule has 0 spiro atoms. The molecule has 0 radical (unpaired) electrons. The maximum Gasteiger partial charge on any atom is 0.236 e. The zero-order valence-electron chi connectivity index (χ0n) is 11.3. The Morgan fingerprint density at radius 1 is 1.50 bits per heavy atom. The molecule has 5 nitrogen and oxygen atoms in total. The number of carbonyl (C=O) groups excluding carboxylic acids is 1. The molecule has 0 aliphatic rings. The molecule has 1 aromatic heterocycles. The van der Waals surface area contributed by atoms with E-state index in [1.54, 1.807) is 31.4 Å². The van der Waals surface area contributed by atoms with Crippen LogP contribution in [0.5, 0.6) is 0 Å². The highest BCUT2D eigenvalue weighted by Gasteiger charge is 2.20. The third-order valence-electron chi connectivity index (χ3n) is 2.98. The Morgan fingerprint density at radius 3 is 2.67 bits per heavy atom. The fraction of sp³-hybridized carbons (Fsp3) is 0.538. The summed E-state index contributed by atoms with van der Waals surface area (Å²) >= 11 is 0. The van der Waals surface area contributed by atoms with Crippen molar-refractivity contribution in [3.05, 3.63) is 30.1 Å². The second-order valence-corrected chi connectivity index (χ2v) is 4.39. The molecule has 0 saturated heterocycles. The highest BCUT2D eigenvalue weighted by Crippen LogP contribution is 2.18. The standard InChI is InChI=1S/C13H22N4O/c1-4-17(10-13(18)16(2)3)12(8-14)11-6-5-7-15-9-11/h5-7,9,12H,4,8,10,14H2,1-3H3. The Bertz CT molecular complexity index is 367. The van der Waals surface area contributed by atoms with Crippen LogP contribution < -0.4 is 5.73 Å². The Balaban J connectivity index is 2.81. The molecular formula is C13H22N4O. The minimum atomic E-state index is 0.0348. The minimum absolute atomic E-state index is 0.0348. The van der Waals surface area contributed by atoms with Gasteiger partial charge in [0.2, 0.25) is 5.91 Å². The van der Waals surface area contributed by atoms with E-state index >= 15 is 0 Å². The summed E-state index contributed by atoms with van der Waals surface area (Å²) in [6, 6.07) is 3.92. The lowest BCUT2D eigenvalue weighted by molar-refractivity contribution is -0.130. The van der Waals surface area contributed by atoms with E-state index in [9.17, 15) is 4.79 Å². The molecule has 0 bridgehead atoms. The molecule has 1 amide bonds. The van der Waals surface area contributed by atoms with Crippen LogP contribution in [0, 0.1) is 0 Å². The van der Waals surface area contributed by atoms with Crippen LogP contribution >= 0.6 is 0 Å². The number of hydrogen-bond donors (Lipinski definition) is 1. The second-order valence-electron chi connectivity index (χ2n) is 4.39. The molecule has 1 rings (SSSR count). The van der Waals surface area contributed by atoms with E-state index in [0.29, 0.717) is 13.1 Å². The normalized spacial score (nSPS) is 12.5. The smallest absolute Gasteiger partial charge is 0.236 e. The molecule has 18 heavy (non-hydrogen) atoms. The van der Waals surface area contributed by atoms with Crippen LogP contribution in [-0.4, -0.2) is 54.4 Å². The van der Waals surface area contributed by atoms with Gasteiger partial charge in [0.1, 0.15) is 0 Å². The van der Waals surface area contributed by atoms with Crippen molar-refractivity contribution < 1.29 is 4.79 Å². The summed E-state index contributed by atoms with van der Waals surface area (Å²) in [5, 5.41) is 0. The quantitative estimate of drug-likeness (QED) is 0.798. The molecule has 2 N–H and O–H groups in total. The van der Waals surface area contributed by atoms with Crippen molar-refractivity contribution in [1.29, 1.82) is 0 Å². The van der Waals surface area contributed by atoms with Gasteiger partial charge in [-0.05, 0) is 18.2 Å². The Labute approximate surface area is 109 Å². The summed E-state index contributed by atoms with van der Waals surface area (Å²) in [4.78, 5) is 19.6. The van der Waals surface area contributed by atoms with Crippen molar-refractivity contribution in [3.8, 4) is 0 Å². The first kappa shape index (κ1) is 14.6. The van der Waals surface area contributed by atoms with Gasteiger partial charge >= 0.3 is 0 Å². The van der Waals surface area contributed by atoms with Crippen LogP contribution in [0.4, 0.5) is 0 Å². The molecule has 1 aromatic rings. The van der Waals surface area contributed by atoms with Gasteiger partial charge < -0.3 is 10.6 Å². The van der Waals surface area contributed by atoms with Crippen molar-refractivity contribution in [3.63, 3.8) is 0 Å². The van der Waals surface area contributed by atoms with Crippen molar-refractivity contribution in [2.24, 2.45) is 5.73 Å². The van der Waals surface area contributed by atoms with E-state index in [0.717, 1.165) is 12.1 Å². The SMILES string of the molecule is CCN(CC(=O)N(C)C)C(CN)c1cccnc1. The number of pyridine rings is 1. The fourth-order valence-electron chi connectivity index (χ4n) is 1.83. The van der Waals surface area contributed by atoms with E-state index in [1.165, 1.54) is 0 Å². The Morgan fingerprint density at radius 2 is 2.22 bits per heavy atom. The van der Waals surface area contributed by atoms with Crippen molar-refractivity contribution in [2.75, 3.05) is 33.7 Å². The summed E-state index contributed by atoms with van der Waals surface area (Å²) in [6.45, 7) is 3.65. The largest absolute Gasteiger partial charge is 0.348 e. The molecule has 1 heterocycles. The molecule has 0 aromatic carbocycles. The zero-order chi connectivity index (χ0) is 13.5. The molecule has 1 unspecified atom stereocenters. The first-order chi connectivity index (χ1) is 8.60. The Kier molecular flexibility index (Phi) is 5.74. The van der Waals surface area contributed by atoms with E-state index in [-0.39, 0.29) is 11.9 Å². The highest BCUT2D eigenvalue weighted by molar-refractivity contribution is 5.77.